The summed E-state index contributed by atoms with van der Waals surface area (Å²) in [5.74, 6) is 0.00525. The number of imidazole rings is 1. The van der Waals surface area contributed by atoms with Gasteiger partial charge in [0, 0.05) is 23.5 Å². The maximum atomic E-state index is 8.89. The molecule has 2 aromatic rings. The second-order valence-electron chi connectivity index (χ2n) is 4.45. The van der Waals surface area contributed by atoms with Crippen LogP contribution in [0.4, 0.5) is 0 Å². The number of hydroxylamine groups is 1. The predicted molar refractivity (Wildman–Crippen MR) is 74.6 cm³/mol. The molecule has 0 aliphatic heterocycles. The summed E-state index contributed by atoms with van der Waals surface area (Å²) in [4.78, 5) is 3.93. The van der Waals surface area contributed by atoms with E-state index < -0.39 is 0 Å². The molecule has 1 aromatic heterocycles. The van der Waals surface area contributed by atoms with Crippen molar-refractivity contribution in [2.75, 3.05) is 5.53 Å². The number of nitrogens with zero attached hydrogens (tertiary/aromatic N) is 3. The van der Waals surface area contributed by atoms with Crippen molar-refractivity contribution in [2.45, 2.75) is 12.8 Å². The molecule has 0 spiro atoms. The Balaban J connectivity index is 1.90. The highest BCUT2D eigenvalue weighted by Gasteiger charge is 2.22. The van der Waals surface area contributed by atoms with E-state index in [9.17, 15) is 0 Å². The van der Waals surface area contributed by atoms with E-state index in [1.54, 1.807) is 23.4 Å². The number of fused-ring (bicyclic) bond motifs is 1. The lowest BCUT2D eigenvalue weighted by molar-refractivity contribution is 0.234. The Morgan fingerprint density at radius 1 is 1.40 bits per heavy atom. The van der Waals surface area contributed by atoms with Gasteiger partial charge in [0.1, 0.15) is 12.2 Å². The van der Waals surface area contributed by atoms with Crippen molar-refractivity contribution in [1.29, 1.82) is 5.41 Å². The van der Waals surface area contributed by atoms with Crippen LogP contribution in [-0.2, 0) is 6.42 Å². The highest BCUT2D eigenvalue weighted by atomic mass is 16.5. The van der Waals surface area contributed by atoms with E-state index in [2.05, 4.69) is 15.6 Å². The number of nitrogens with one attached hydrogen (secondary N) is 3. The molecule has 20 heavy (non-hydrogen) atoms. The van der Waals surface area contributed by atoms with E-state index in [4.69, 9.17) is 10.6 Å². The van der Waals surface area contributed by atoms with E-state index in [-0.39, 0.29) is 5.84 Å². The zero-order valence-electron chi connectivity index (χ0n) is 10.7. The predicted octanol–water partition coefficient (Wildman–Crippen LogP) is 1.08. The maximum absolute atomic E-state index is 8.89. The fourth-order valence-corrected chi connectivity index (χ4v) is 2.35. The van der Waals surface area contributed by atoms with Gasteiger partial charge in [-0.25, -0.2) is 15.2 Å². The van der Waals surface area contributed by atoms with Gasteiger partial charge in [-0.05, 0) is 18.4 Å². The molecule has 0 unspecified atom stereocenters. The minimum absolute atomic E-state index is 0.00525. The molecule has 0 saturated heterocycles. The van der Waals surface area contributed by atoms with Crippen molar-refractivity contribution < 1.29 is 5.21 Å². The summed E-state index contributed by atoms with van der Waals surface area (Å²) in [6.45, 7) is 0. The minimum atomic E-state index is 0.00525. The molecule has 102 valence electrons. The number of hydrogen-bond acceptors (Lipinski definition) is 5. The Morgan fingerprint density at radius 3 is 3.05 bits per heavy atom. The van der Waals surface area contributed by atoms with Crippen LogP contribution in [0, 0.1) is 5.41 Å². The summed E-state index contributed by atoms with van der Waals surface area (Å²) >= 11 is 0. The van der Waals surface area contributed by atoms with Crippen LogP contribution in [0.3, 0.4) is 0 Å². The average Bonchev–Trinajstić information content (AvgIpc) is 3.13. The van der Waals surface area contributed by atoms with Gasteiger partial charge in [-0.3, -0.25) is 16.1 Å². The van der Waals surface area contributed by atoms with Gasteiger partial charge in [0.05, 0.1) is 5.71 Å². The van der Waals surface area contributed by atoms with Gasteiger partial charge < -0.3 is 0 Å². The molecule has 4 N–H and O–H groups in total. The molecule has 7 nitrogen and oxygen atoms in total. The Bertz CT molecular complexity index is 662. The standard InChI is InChI=1S/C13H14N6O/c14-13(17-20)11-3-1-2-10-9(11)4-5-12(10)16-18-19-7-6-15-8-19/h1-3,6-8,18,20H,4-5H2,(H2,14,17)/b16-12+. The van der Waals surface area contributed by atoms with Crippen LogP contribution in [0.1, 0.15) is 23.1 Å². The highest BCUT2D eigenvalue weighted by molar-refractivity contribution is 6.08. The summed E-state index contributed by atoms with van der Waals surface area (Å²) in [7, 11) is 0. The fourth-order valence-electron chi connectivity index (χ4n) is 2.35. The van der Waals surface area contributed by atoms with E-state index in [0.29, 0.717) is 5.56 Å². The zero-order chi connectivity index (χ0) is 13.9. The van der Waals surface area contributed by atoms with Crippen molar-refractivity contribution in [2.24, 2.45) is 5.10 Å². The molecular formula is C13H14N6O. The lowest BCUT2D eigenvalue weighted by atomic mass is 10.0. The van der Waals surface area contributed by atoms with Crippen LogP contribution in [-0.4, -0.2) is 26.4 Å². The highest BCUT2D eigenvalue weighted by Crippen LogP contribution is 2.25. The van der Waals surface area contributed by atoms with Crippen molar-refractivity contribution in [3.63, 3.8) is 0 Å². The van der Waals surface area contributed by atoms with Crippen molar-refractivity contribution >= 4 is 11.5 Å². The van der Waals surface area contributed by atoms with Crippen LogP contribution in [0.5, 0.6) is 0 Å². The van der Waals surface area contributed by atoms with Crippen LogP contribution in [0.15, 0.2) is 42.0 Å². The number of rotatable bonds is 3. The Kier molecular flexibility index (Phi) is 3.18. The lowest BCUT2D eigenvalue weighted by Crippen LogP contribution is -2.20. The van der Waals surface area contributed by atoms with Gasteiger partial charge in [0.15, 0.2) is 0 Å². The summed E-state index contributed by atoms with van der Waals surface area (Å²) in [6.07, 6.45) is 6.66. The maximum Gasteiger partial charge on any atom is 0.149 e. The normalized spacial score (nSPS) is 15.2. The first-order chi connectivity index (χ1) is 9.79. The number of hydrogen-bond donors (Lipinski definition) is 4. The van der Waals surface area contributed by atoms with Crippen LogP contribution in [0.25, 0.3) is 0 Å². The second kappa shape index (κ2) is 5.14. The topological polar surface area (TPSA) is 98.3 Å². The molecule has 1 aromatic carbocycles. The first-order valence-electron chi connectivity index (χ1n) is 6.21. The molecule has 0 amide bonds. The van der Waals surface area contributed by atoms with E-state index in [0.717, 1.165) is 29.7 Å². The Morgan fingerprint density at radius 2 is 2.30 bits per heavy atom. The van der Waals surface area contributed by atoms with Gasteiger partial charge in [0.2, 0.25) is 0 Å². The van der Waals surface area contributed by atoms with Crippen molar-refractivity contribution in [3.8, 4) is 0 Å². The monoisotopic (exact) mass is 270 g/mol. The summed E-state index contributed by atoms with van der Waals surface area (Å²) < 4.78 is 1.66. The lowest BCUT2D eigenvalue weighted by Gasteiger charge is -2.08. The first kappa shape index (κ1) is 12.4. The fraction of sp³-hybridized carbons (Fsp3) is 0.154. The van der Waals surface area contributed by atoms with Gasteiger partial charge in [-0.2, -0.15) is 5.10 Å². The first-order valence-corrected chi connectivity index (χ1v) is 6.21. The second-order valence-corrected chi connectivity index (χ2v) is 4.45. The number of benzene rings is 1. The van der Waals surface area contributed by atoms with Crippen molar-refractivity contribution in [3.05, 3.63) is 53.6 Å². The van der Waals surface area contributed by atoms with E-state index in [1.807, 2.05) is 23.7 Å². The SMILES string of the molecule is N=C(NO)c1cccc2c1CC/C2=N\Nn1ccnc1. The average molecular weight is 270 g/mol. The Hall–Kier alpha value is -2.67. The number of hydrazone groups is 1. The summed E-state index contributed by atoms with van der Waals surface area (Å²) in [5.41, 5.74) is 8.47. The third-order valence-corrected chi connectivity index (χ3v) is 3.28. The van der Waals surface area contributed by atoms with E-state index in [1.165, 1.54) is 0 Å². The van der Waals surface area contributed by atoms with Crippen molar-refractivity contribution in [1.82, 2.24) is 15.1 Å². The molecule has 1 aliphatic carbocycles. The molecule has 1 aliphatic rings. The summed E-state index contributed by atoms with van der Waals surface area (Å²) in [6, 6.07) is 5.65. The number of amidine groups is 1. The third kappa shape index (κ3) is 2.14. The molecule has 0 saturated carbocycles. The molecule has 7 heteroatoms. The molecule has 0 radical (unpaired) electrons. The molecule has 0 atom stereocenters. The molecule has 0 bridgehead atoms. The third-order valence-electron chi connectivity index (χ3n) is 3.28. The van der Waals surface area contributed by atoms with Gasteiger partial charge >= 0.3 is 0 Å². The molecule has 1 heterocycles. The van der Waals surface area contributed by atoms with Gasteiger partial charge in [-0.15, -0.1) is 0 Å². The minimum Gasteiger partial charge on any atom is -0.290 e. The van der Waals surface area contributed by atoms with E-state index >= 15 is 0 Å². The molecular weight excluding hydrogens is 256 g/mol. The summed E-state index contributed by atoms with van der Waals surface area (Å²) in [5, 5.41) is 21.0. The quantitative estimate of drug-likeness (QED) is 0.381. The van der Waals surface area contributed by atoms with Crippen LogP contribution in [0.2, 0.25) is 0 Å². The zero-order valence-corrected chi connectivity index (χ0v) is 10.7. The van der Waals surface area contributed by atoms with Crippen LogP contribution < -0.4 is 11.0 Å². The Labute approximate surface area is 115 Å². The molecule has 3 rings (SSSR count). The molecule has 0 fully saturated rings. The van der Waals surface area contributed by atoms with Gasteiger partial charge in [0.25, 0.3) is 0 Å². The van der Waals surface area contributed by atoms with Gasteiger partial charge in [-0.1, -0.05) is 18.2 Å². The van der Waals surface area contributed by atoms with Crippen LogP contribution >= 0.6 is 0 Å². The smallest absolute Gasteiger partial charge is 0.149 e. The largest absolute Gasteiger partial charge is 0.290 e. The number of aromatic nitrogens is 2.